The van der Waals surface area contributed by atoms with Crippen LogP contribution >= 0.6 is 0 Å². The quantitative estimate of drug-likeness (QED) is 0.900. The highest BCUT2D eigenvalue weighted by molar-refractivity contribution is 5.70. The van der Waals surface area contributed by atoms with Gasteiger partial charge in [0.05, 0.1) is 6.61 Å². The molecule has 0 spiro atoms. The minimum atomic E-state index is -0.271. The Labute approximate surface area is 127 Å². The van der Waals surface area contributed by atoms with E-state index in [1.54, 1.807) is 4.57 Å². The molecule has 3 rings (SSSR count). The Morgan fingerprint density at radius 2 is 1.95 bits per heavy atom. The van der Waals surface area contributed by atoms with Crippen molar-refractivity contribution in [1.82, 2.24) is 19.1 Å². The van der Waals surface area contributed by atoms with Crippen molar-refractivity contribution < 1.29 is 4.74 Å². The third-order valence-corrected chi connectivity index (χ3v) is 4.09. The number of rotatable bonds is 5. The number of fused-ring (bicyclic) bond motifs is 1. The topological polar surface area (TPSA) is 81.9 Å². The zero-order valence-electron chi connectivity index (χ0n) is 13.1. The van der Waals surface area contributed by atoms with Crippen LogP contribution in [-0.4, -0.2) is 32.3 Å². The fraction of sp³-hybridized carbons (Fsp3) is 0.667. The summed E-state index contributed by atoms with van der Waals surface area (Å²) in [6, 6.07) is 0. The Hall–Kier alpha value is -1.89. The second kappa shape index (κ2) is 6.08. The molecule has 0 saturated carbocycles. The van der Waals surface area contributed by atoms with Crippen LogP contribution in [-0.2, 0) is 17.8 Å². The molecule has 1 aliphatic rings. The number of aromatic amines is 1. The van der Waals surface area contributed by atoms with Crippen LogP contribution in [0.5, 0.6) is 0 Å². The van der Waals surface area contributed by atoms with Crippen LogP contribution in [0.4, 0.5) is 0 Å². The largest absolute Gasteiger partial charge is 0.381 e. The second-order valence-electron chi connectivity index (χ2n) is 5.77. The highest BCUT2D eigenvalue weighted by Crippen LogP contribution is 2.23. The van der Waals surface area contributed by atoms with Crippen molar-refractivity contribution in [2.24, 2.45) is 0 Å². The lowest BCUT2D eigenvalue weighted by Crippen LogP contribution is -2.40. The SMILES string of the molecule is CCCn1c(=O)c2[nH]c(C3CCOC3)nc2n(CCC)c1=O. The maximum absolute atomic E-state index is 12.6. The first kappa shape index (κ1) is 15.0. The highest BCUT2D eigenvalue weighted by atomic mass is 16.5. The maximum Gasteiger partial charge on any atom is 0.332 e. The summed E-state index contributed by atoms with van der Waals surface area (Å²) in [6.45, 7) is 6.27. The molecule has 2 aromatic heterocycles. The molecule has 120 valence electrons. The fourth-order valence-electron chi connectivity index (χ4n) is 2.97. The van der Waals surface area contributed by atoms with E-state index in [0.717, 1.165) is 25.1 Å². The first-order chi connectivity index (χ1) is 10.7. The molecule has 22 heavy (non-hydrogen) atoms. The molecule has 0 aromatic carbocycles. The summed E-state index contributed by atoms with van der Waals surface area (Å²) < 4.78 is 8.31. The maximum atomic E-state index is 12.6. The number of ether oxygens (including phenoxy) is 1. The lowest BCUT2D eigenvalue weighted by atomic mass is 10.1. The predicted octanol–water partition coefficient (Wildman–Crippen LogP) is 1.21. The van der Waals surface area contributed by atoms with Gasteiger partial charge in [-0.05, 0) is 19.3 Å². The zero-order chi connectivity index (χ0) is 15.7. The smallest absolute Gasteiger partial charge is 0.332 e. The average Bonchev–Trinajstić information content (AvgIpc) is 3.16. The monoisotopic (exact) mass is 306 g/mol. The predicted molar refractivity (Wildman–Crippen MR) is 83.4 cm³/mol. The fourth-order valence-corrected chi connectivity index (χ4v) is 2.97. The van der Waals surface area contributed by atoms with Gasteiger partial charge in [0.1, 0.15) is 11.3 Å². The normalized spacial score (nSPS) is 18.4. The Kier molecular flexibility index (Phi) is 4.15. The van der Waals surface area contributed by atoms with Gasteiger partial charge in [0.15, 0.2) is 5.65 Å². The molecule has 1 fully saturated rings. The Morgan fingerprint density at radius 1 is 1.23 bits per heavy atom. The van der Waals surface area contributed by atoms with E-state index in [2.05, 4.69) is 9.97 Å². The van der Waals surface area contributed by atoms with Crippen molar-refractivity contribution in [2.75, 3.05) is 13.2 Å². The van der Waals surface area contributed by atoms with E-state index in [1.165, 1.54) is 4.57 Å². The Bertz CT molecular complexity index is 780. The summed E-state index contributed by atoms with van der Waals surface area (Å²) in [6.07, 6.45) is 2.44. The van der Waals surface area contributed by atoms with Crippen molar-refractivity contribution in [3.63, 3.8) is 0 Å². The van der Waals surface area contributed by atoms with Crippen molar-refractivity contribution in [2.45, 2.75) is 52.1 Å². The van der Waals surface area contributed by atoms with Crippen molar-refractivity contribution >= 4 is 11.2 Å². The van der Waals surface area contributed by atoms with Crippen LogP contribution < -0.4 is 11.2 Å². The zero-order valence-corrected chi connectivity index (χ0v) is 13.1. The number of nitrogens with one attached hydrogen (secondary N) is 1. The van der Waals surface area contributed by atoms with Gasteiger partial charge in [0.2, 0.25) is 0 Å². The summed E-state index contributed by atoms with van der Waals surface area (Å²) in [5, 5.41) is 0. The molecule has 7 heteroatoms. The molecule has 1 saturated heterocycles. The summed E-state index contributed by atoms with van der Waals surface area (Å²) in [7, 11) is 0. The van der Waals surface area contributed by atoms with Crippen LogP contribution in [0.25, 0.3) is 11.2 Å². The van der Waals surface area contributed by atoms with Gasteiger partial charge in [0, 0.05) is 25.6 Å². The molecule has 1 unspecified atom stereocenters. The number of H-pyrrole nitrogens is 1. The van der Waals surface area contributed by atoms with E-state index >= 15 is 0 Å². The van der Waals surface area contributed by atoms with E-state index in [9.17, 15) is 9.59 Å². The van der Waals surface area contributed by atoms with Crippen LogP contribution in [0.15, 0.2) is 9.59 Å². The van der Waals surface area contributed by atoms with E-state index in [4.69, 9.17) is 4.74 Å². The number of imidazole rings is 1. The Morgan fingerprint density at radius 3 is 2.59 bits per heavy atom. The van der Waals surface area contributed by atoms with Gasteiger partial charge in [-0.15, -0.1) is 0 Å². The molecular weight excluding hydrogens is 284 g/mol. The standard InChI is InChI=1S/C15H22N4O3/c1-3-6-18-13-11(14(20)19(7-4-2)15(18)21)16-12(17-13)10-5-8-22-9-10/h10H,3-9H2,1-2H3,(H,16,17). The molecule has 0 bridgehead atoms. The summed E-state index contributed by atoms with van der Waals surface area (Å²) in [5.74, 6) is 0.930. The van der Waals surface area contributed by atoms with E-state index < -0.39 is 0 Å². The Balaban J connectivity index is 2.23. The van der Waals surface area contributed by atoms with Crippen LogP contribution in [0.2, 0.25) is 0 Å². The van der Waals surface area contributed by atoms with Gasteiger partial charge < -0.3 is 9.72 Å². The van der Waals surface area contributed by atoms with E-state index in [0.29, 0.717) is 37.5 Å². The van der Waals surface area contributed by atoms with Crippen LogP contribution in [0.1, 0.15) is 44.9 Å². The van der Waals surface area contributed by atoms with Crippen molar-refractivity contribution in [1.29, 1.82) is 0 Å². The second-order valence-corrected chi connectivity index (χ2v) is 5.77. The number of nitrogens with zero attached hydrogens (tertiary/aromatic N) is 3. The number of aromatic nitrogens is 4. The van der Waals surface area contributed by atoms with Crippen molar-refractivity contribution in [3.05, 3.63) is 26.7 Å². The van der Waals surface area contributed by atoms with Crippen LogP contribution in [0.3, 0.4) is 0 Å². The summed E-state index contributed by atoms with van der Waals surface area (Å²) in [5.41, 5.74) is 0.378. The molecule has 1 aliphatic heterocycles. The lowest BCUT2D eigenvalue weighted by molar-refractivity contribution is 0.193. The van der Waals surface area contributed by atoms with E-state index in [1.807, 2.05) is 13.8 Å². The molecule has 3 heterocycles. The molecule has 2 aromatic rings. The minimum Gasteiger partial charge on any atom is -0.381 e. The highest BCUT2D eigenvalue weighted by Gasteiger charge is 2.24. The number of hydrogen-bond donors (Lipinski definition) is 1. The van der Waals surface area contributed by atoms with Crippen LogP contribution in [0, 0.1) is 0 Å². The van der Waals surface area contributed by atoms with Gasteiger partial charge in [-0.1, -0.05) is 13.8 Å². The molecule has 0 aliphatic carbocycles. The third kappa shape index (κ3) is 2.39. The minimum absolute atomic E-state index is 0.177. The molecule has 0 radical (unpaired) electrons. The molecule has 0 amide bonds. The molecule has 1 atom stereocenters. The first-order valence-electron chi connectivity index (χ1n) is 7.98. The number of aryl methyl sites for hydroxylation is 1. The van der Waals surface area contributed by atoms with E-state index in [-0.39, 0.29) is 17.2 Å². The average molecular weight is 306 g/mol. The van der Waals surface area contributed by atoms with Gasteiger partial charge in [-0.3, -0.25) is 13.9 Å². The molecular formula is C15H22N4O3. The summed E-state index contributed by atoms with van der Waals surface area (Å²) in [4.78, 5) is 32.8. The third-order valence-electron chi connectivity index (χ3n) is 4.09. The lowest BCUT2D eigenvalue weighted by Gasteiger charge is -2.09. The van der Waals surface area contributed by atoms with Gasteiger partial charge in [-0.25, -0.2) is 9.78 Å². The molecule has 1 N–H and O–H groups in total. The first-order valence-corrected chi connectivity index (χ1v) is 7.98. The van der Waals surface area contributed by atoms with Crippen molar-refractivity contribution in [3.8, 4) is 0 Å². The van der Waals surface area contributed by atoms with Gasteiger partial charge >= 0.3 is 5.69 Å². The number of hydrogen-bond acceptors (Lipinski definition) is 4. The van der Waals surface area contributed by atoms with Gasteiger partial charge in [-0.2, -0.15) is 0 Å². The molecule has 7 nitrogen and oxygen atoms in total. The van der Waals surface area contributed by atoms with Gasteiger partial charge in [0.25, 0.3) is 5.56 Å². The summed E-state index contributed by atoms with van der Waals surface area (Å²) >= 11 is 0.